The monoisotopic (exact) mass is 434 g/mol. The van der Waals surface area contributed by atoms with Gasteiger partial charge in [-0.15, -0.1) is 0 Å². The van der Waals surface area contributed by atoms with Crippen LogP contribution in [0.1, 0.15) is 42.7 Å². The summed E-state index contributed by atoms with van der Waals surface area (Å²) >= 11 is 0. The van der Waals surface area contributed by atoms with Crippen LogP contribution in [0, 0.1) is 0 Å². The van der Waals surface area contributed by atoms with Gasteiger partial charge in [-0.25, -0.2) is 9.59 Å². The van der Waals surface area contributed by atoms with E-state index in [2.05, 4.69) is 12.1 Å². The number of benzene rings is 2. The molecule has 32 heavy (non-hydrogen) atoms. The van der Waals surface area contributed by atoms with Gasteiger partial charge in [0, 0.05) is 31.8 Å². The number of rotatable bonds is 4. The quantitative estimate of drug-likeness (QED) is 0.796. The summed E-state index contributed by atoms with van der Waals surface area (Å²) in [5.41, 5.74) is 4.49. The largest absolute Gasteiger partial charge is 0.480 e. The summed E-state index contributed by atoms with van der Waals surface area (Å²) in [6.45, 7) is 0.955. The number of nitrogens with zero attached hydrogens (tertiary/aromatic N) is 2. The third-order valence-corrected chi connectivity index (χ3v) is 6.94. The van der Waals surface area contributed by atoms with Gasteiger partial charge in [0.1, 0.15) is 12.6 Å². The van der Waals surface area contributed by atoms with Crippen LogP contribution in [0.2, 0.25) is 0 Å². The van der Waals surface area contributed by atoms with E-state index in [1.54, 1.807) is 4.90 Å². The fourth-order valence-electron chi connectivity index (χ4n) is 5.37. The number of aliphatic carboxylic acids is 1. The smallest absolute Gasteiger partial charge is 0.410 e. The fraction of sp³-hybridized carbons (Fsp3) is 0.400. The van der Waals surface area contributed by atoms with Gasteiger partial charge < -0.3 is 14.7 Å². The molecule has 3 aliphatic rings. The summed E-state index contributed by atoms with van der Waals surface area (Å²) in [6, 6.07) is 14.9. The fourth-order valence-corrected chi connectivity index (χ4v) is 5.37. The van der Waals surface area contributed by atoms with Crippen LogP contribution in [-0.2, 0) is 14.3 Å². The van der Waals surface area contributed by atoms with Gasteiger partial charge in [0.05, 0.1) is 6.04 Å². The maximum atomic E-state index is 13.0. The first-order valence-corrected chi connectivity index (χ1v) is 11.2. The van der Waals surface area contributed by atoms with E-state index >= 15 is 0 Å². The molecule has 2 aromatic carbocycles. The van der Waals surface area contributed by atoms with Crippen LogP contribution in [0.4, 0.5) is 4.79 Å². The summed E-state index contributed by atoms with van der Waals surface area (Å²) < 4.78 is 5.69. The summed E-state index contributed by atoms with van der Waals surface area (Å²) in [4.78, 5) is 40.2. The molecule has 7 heteroatoms. The molecule has 1 N–H and O–H groups in total. The molecule has 5 rings (SSSR count). The lowest BCUT2D eigenvalue weighted by Gasteiger charge is -2.32. The standard InChI is InChI=1S/C25H26N2O5/c28-23-11-5-6-12-26(23)16-13-22(24(29)30)27(14-16)25(31)32-15-21-19-9-3-1-7-17(19)18-8-2-4-10-20(18)21/h1-4,7-10,16,21-22H,5-6,11-15H2,(H,29,30)/t16-,22?/m1/s1. The Labute approximate surface area is 186 Å². The number of carbonyl (C=O) groups excluding carboxylic acids is 2. The highest BCUT2D eigenvalue weighted by Gasteiger charge is 2.44. The van der Waals surface area contributed by atoms with Crippen molar-refractivity contribution in [2.75, 3.05) is 19.7 Å². The molecular formula is C25H26N2O5. The highest BCUT2D eigenvalue weighted by Crippen LogP contribution is 2.44. The predicted molar refractivity (Wildman–Crippen MR) is 117 cm³/mol. The number of amides is 2. The van der Waals surface area contributed by atoms with E-state index in [1.165, 1.54) is 4.90 Å². The summed E-state index contributed by atoms with van der Waals surface area (Å²) in [5.74, 6) is -1.11. The highest BCUT2D eigenvalue weighted by molar-refractivity contribution is 5.83. The molecule has 0 spiro atoms. The first-order chi connectivity index (χ1) is 15.5. The molecule has 0 radical (unpaired) electrons. The van der Waals surface area contributed by atoms with Crippen LogP contribution >= 0.6 is 0 Å². The van der Waals surface area contributed by atoms with E-state index in [1.807, 2.05) is 36.4 Å². The predicted octanol–water partition coefficient (Wildman–Crippen LogP) is 3.48. The van der Waals surface area contributed by atoms with Gasteiger partial charge in [-0.3, -0.25) is 9.69 Å². The maximum Gasteiger partial charge on any atom is 0.410 e. The van der Waals surface area contributed by atoms with Crippen molar-refractivity contribution in [1.82, 2.24) is 9.80 Å². The minimum absolute atomic E-state index is 0.0415. The lowest BCUT2D eigenvalue weighted by Crippen LogP contribution is -2.45. The summed E-state index contributed by atoms with van der Waals surface area (Å²) in [6.07, 6.45) is 1.86. The minimum atomic E-state index is -1.06. The number of piperidine rings is 1. The molecule has 0 bridgehead atoms. The third-order valence-electron chi connectivity index (χ3n) is 6.94. The van der Waals surface area contributed by atoms with Crippen molar-refractivity contribution in [3.63, 3.8) is 0 Å². The molecule has 1 aliphatic carbocycles. The molecule has 2 aliphatic heterocycles. The van der Waals surface area contributed by atoms with Crippen molar-refractivity contribution in [2.24, 2.45) is 0 Å². The van der Waals surface area contributed by atoms with E-state index < -0.39 is 18.1 Å². The van der Waals surface area contributed by atoms with Gasteiger partial charge in [0.15, 0.2) is 0 Å². The average molecular weight is 434 g/mol. The van der Waals surface area contributed by atoms with Gasteiger partial charge >= 0.3 is 12.1 Å². The van der Waals surface area contributed by atoms with Gasteiger partial charge in [0.2, 0.25) is 5.91 Å². The molecule has 7 nitrogen and oxygen atoms in total. The molecule has 2 aromatic rings. The first kappa shape index (κ1) is 20.5. The molecule has 2 heterocycles. The topological polar surface area (TPSA) is 87.2 Å². The summed E-state index contributed by atoms with van der Waals surface area (Å²) in [7, 11) is 0. The lowest BCUT2D eigenvalue weighted by atomic mass is 9.98. The Morgan fingerprint density at radius 2 is 1.66 bits per heavy atom. The van der Waals surface area contributed by atoms with Crippen molar-refractivity contribution in [3.8, 4) is 11.1 Å². The SMILES string of the molecule is O=C(O)C1C[C@@H](N2CCCCC2=O)CN1C(=O)OCC1c2ccccc2-c2ccccc21. The van der Waals surface area contributed by atoms with E-state index in [0.717, 1.165) is 35.1 Å². The first-order valence-electron chi connectivity index (χ1n) is 11.2. The van der Waals surface area contributed by atoms with Crippen LogP contribution in [0.5, 0.6) is 0 Å². The van der Waals surface area contributed by atoms with Gasteiger partial charge in [-0.1, -0.05) is 48.5 Å². The Bertz CT molecular complexity index is 1020. The van der Waals surface area contributed by atoms with Crippen LogP contribution in [-0.4, -0.2) is 64.7 Å². The number of ether oxygens (including phenoxy) is 1. The third kappa shape index (κ3) is 3.51. The van der Waals surface area contributed by atoms with Crippen molar-refractivity contribution in [3.05, 3.63) is 59.7 Å². The minimum Gasteiger partial charge on any atom is -0.480 e. The van der Waals surface area contributed by atoms with Crippen LogP contribution in [0.15, 0.2) is 48.5 Å². The second-order valence-electron chi connectivity index (χ2n) is 8.74. The van der Waals surface area contributed by atoms with Gasteiger partial charge in [0.25, 0.3) is 0 Å². The zero-order valence-electron chi connectivity index (χ0n) is 17.8. The normalized spacial score (nSPS) is 22.6. The molecule has 2 saturated heterocycles. The number of fused-ring (bicyclic) bond motifs is 3. The number of hydrogen-bond acceptors (Lipinski definition) is 4. The Morgan fingerprint density at radius 3 is 2.28 bits per heavy atom. The molecule has 2 fully saturated rings. The second kappa shape index (κ2) is 8.30. The molecule has 0 aromatic heterocycles. The summed E-state index contributed by atoms with van der Waals surface area (Å²) in [5, 5.41) is 9.70. The molecular weight excluding hydrogens is 408 g/mol. The van der Waals surface area contributed by atoms with E-state index in [-0.39, 0.29) is 37.4 Å². The number of hydrogen-bond donors (Lipinski definition) is 1. The lowest BCUT2D eigenvalue weighted by molar-refractivity contribution is -0.142. The Balaban J connectivity index is 1.31. The molecule has 0 saturated carbocycles. The van der Waals surface area contributed by atoms with E-state index in [4.69, 9.17) is 4.74 Å². The van der Waals surface area contributed by atoms with E-state index in [0.29, 0.717) is 13.0 Å². The zero-order chi connectivity index (χ0) is 22.2. The molecule has 1 unspecified atom stereocenters. The Hall–Kier alpha value is -3.35. The molecule has 2 amide bonds. The average Bonchev–Trinajstić information content (AvgIpc) is 3.38. The number of carboxylic acid groups (broad SMARTS) is 1. The van der Waals surface area contributed by atoms with Crippen molar-refractivity contribution in [2.45, 2.75) is 43.7 Å². The van der Waals surface area contributed by atoms with Crippen molar-refractivity contribution >= 4 is 18.0 Å². The van der Waals surface area contributed by atoms with E-state index in [9.17, 15) is 19.5 Å². The van der Waals surface area contributed by atoms with Crippen LogP contribution in [0.25, 0.3) is 11.1 Å². The van der Waals surface area contributed by atoms with Gasteiger partial charge in [-0.2, -0.15) is 0 Å². The highest BCUT2D eigenvalue weighted by atomic mass is 16.6. The van der Waals surface area contributed by atoms with Crippen LogP contribution in [0.3, 0.4) is 0 Å². The molecule has 2 atom stereocenters. The van der Waals surface area contributed by atoms with Gasteiger partial charge in [-0.05, 0) is 35.1 Å². The number of likely N-dealkylation sites (tertiary alicyclic amines) is 2. The number of carboxylic acids is 1. The Kier molecular flexibility index (Phi) is 5.33. The zero-order valence-corrected chi connectivity index (χ0v) is 17.8. The Morgan fingerprint density at radius 1 is 1.00 bits per heavy atom. The van der Waals surface area contributed by atoms with Crippen molar-refractivity contribution < 1.29 is 24.2 Å². The number of carbonyl (C=O) groups is 3. The maximum absolute atomic E-state index is 13.0. The second-order valence-corrected chi connectivity index (χ2v) is 8.74. The van der Waals surface area contributed by atoms with Crippen molar-refractivity contribution in [1.29, 1.82) is 0 Å². The molecule has 166 valence electrons. The van der Waals surface area contributed by atoms with Crippen LogP contribution < -0.4 is 0 Å².